The van der Waals surface area contributed by atoms with Crippen LogP contribution in [0.1, 0.15) is 21.1 Å². The van der Waals surface area contributed by atoms with Crippen molar-refractivity contribution in [3.8, 4) is 5.75 Å². The second-order valence-electron chi connectivity index (χ2n) is 4.14. The lowest BCUT2D eigenvalue weighted by molar-refractivity contribution is 0.181. The number of thiazole rings is 1. The summed E-state index contributed by atoms with van der Waals surface area (Å²) in [4.78, 5) is 5.69. The van der Waals surface area contributed by atoms with Crippen LogP contribution < -0.4 is 10.5 Å². The minimum atomic E-state index is 0.508. The molecule has 0 aliphatic carbocycles. The molecule has 102 valence electrons. The minimum Gasteiger partial charge on any atom is -0.497 e. The Kier molecular flexibility index (Phi) is 4.90. The molecular formula is C14H18N2O2S. The second-order valence-corrected chi connectivity index (χ2v) is 5.31. The number of ether oxygens (including phenoxy) is 2. The molecule has 0 bridgehead atoms. The highest BCUT2D eigenvalue weighted by Gasteiger charge is 2.10. The summed E-state index contributed by atoms with van der Waals surface area (Å²) in [5.74, 6) is 0.866. The number of methoxy groups -OCH3 is 2. The Morgan fingerprint density at radius 2 is 2.16 bits per heavy atom. The predicted octanol–water partition coefficient (Wildman–Crippen LogP) is 2.35. The summed E-state index contributed by atoms with van der Waals surface area (Å²) in [6.07, 6.45) is 0.790. The molecule has 0 aliphatic rings. The van der Waals surface area contributed by atoms with Gasteiger partial charge < -0.3 is 15.2 Å². The zero-order chi connectivity index (χ0) is 13.7. The fourth-order valence-electron chi connectivity index (χ4n) is 1.88. The Morgan fingerprint density at radius 3 is 2.84 bits per heavy atom. The topological polar surface area (TPSA) is 57.4 Å². The summed E-state index contributed by atoms with van der Waals surface area (Å²) >= 11 is 1.65. The van der Waals surface area contributed by atoms with Crippen molar-refractivity contribution < 1.29 is 9.47 Å². The van der Waals surface area contributed by atoms with Crippen molar-refractivity contribution >= 4 is 11.3 Å². The van der Waals surface area contributed by atoms with Crippen LogP contribution in [0.5, 0.6) is 5.75 Å². The van der Waals surface area contributed by atoms with Gasteiger partial charge in [0.15, 0.2) is 0 Å². The number of nitrogens with zero attached hydrogens (tertiary/aromatic N) is 1. The van der Waals surface area contributed by atoms with Gasteiger partial charge in [-0.05, 0) is 17.7 Å². The maximum absolute atomic E-state index is 5.73. The van der Waals surface area contributed by atoms with E-state index in [0.29, 0.717) is 13.2 Å². The van der Waals surface area contributed by atoms with Crippen LogP contribution in [0.4, 0.5) is 0 Å². The molecule has 0 aliphatic heterocycles. The van der Waals surface area contributed by atoms with Gasteiger partial charge in [-0.25, -0.2) is 4.98 Å². The van der Waals surface area contributed by atoms with E-state index in [4.69, 9.17) is 15.2 Å². The number of aromatic nitrogens is 1. The third-order valence-electron chi connectivity index (χ3n) is 2.78. The van der Waals surface area contributed by atoms with Gasteiger partial charge in [0, 0.05) is 25.0 Å². The molecule has 0 amide bonds. The van der Waals surface area contributed by atoms with Gasteiger partial charge in [0.2, 0.25) is 0 Å². The van der Waals surface area contributed by atoms with Gasteiger partial charge in [0.1, 0.15) is 5.75 Å². The number of hydrogen-bond donors (Lipinski definition) is 1. The van der Waals surface area contributed by atoms with Crippen molar-refractivity contribution in [3.05, 3.63) is 45.4 Å². The maximum Gasteiger partial charge on any atom is 0.119 e. The zero-order valence-electron chi connectivity index (χ0n) is 11.2. The molecule has 19 heavy (non-hydrogen) atoms. The first-order valence-electron chi connectivity index (χ1n) is 6.06. The van der Waals surface area contributed by atoms with E-state index in [-0.39, 0.29) is 0 Å². The van der Waals surface area contributed by atoms with Crippen LogP contribution in [-0.4, -0.2) is 19.2 Å². The van der Waals surface area contributed by atoms with E-state index in [1.54, 1.807) is 25.6 Å². The molecule has 1 aromatic heterocycles. The van der Waals surface area contributed by atoms with E-state index in [9.17, 15) is 0 Å². The van der Waals surface area contributed by atoms with Crippen LogP contribution in [0.3, 0.4) is 0 Å². The lowest BCUT2D eigenvalue weighted by Crippen LogP contribution is -1.99. The summed E-state index contributed by atoms with van der Waals surface area (Å²) < 4.78 is 10.4. The molecule has 2 aromatic rings. The lowest BCUT2D eigenvalue weighted by atomic mass is 10.1. The Hall–Kier alpha value is -1.43. The highest BCUT2D eigenvalue weighted by molar-refractivity contribution is 7.11. The van der Waals surface area contributed by atoms with Gasteiger partial charge in [-0.2, -0.15) is 0 Å². The first-order valence-corrected chi connectivity index (χ1v) is 6.88. The van der Waals surface area contributed by atoms with Gasteiger partial charge in [0.05, 0.1) is 24.4 Å². The van der Waals surface area contributed by atoms with E-state index in [2.05, 4.69) is 11.1 Å². The SMILES string of the molecule is COCc1nc(Cc2cccc(OC)c2)sc1CN. The van der Waals surface area contributed by atoms with E-state index in [1.807, 2.05) is 18.2 Å². The van der Waals surface area contributed by atoms with Gasteiger partial charge in [-0.15, -0.1) is 11.3 Å². The monoisotopic (exact) mass is 278 g/mol. The van der Waals surface area contributed by atoms with Crippen LogP contribution >= 0.6 is 11.3 Å². The predicted molar refractivity (Wildman–Crippen MR) is 76.5 cm³/mol. The van der Waals surface area contributed by atoms with E-state index in [0.717, 1.165) is 27.7 Å². The number of nitrogens with two attached hydrogens (primary N) is 1. The fraction of sp³-hybridized carbons (Fsp3) is 0.357. The molecule has 0 saturated heterocycles. The summed E-state index contributed by atoms with van der Waals surface area (Å²) in [6.45, 7) is 1.02. The van der Waals surface area contributed by atoms with Gasteiger partial charge >= 0.3 is 0 Å². The van der Waals surface area contributed by atoms with Crippen LogP contribution in [0.25, 0.3) is 0 Å². The number of rotatable bonds is 6. The Morgan fingerprint density at radius 1 is 1.32 bits per heavy atom. The molecule has 0 unspecified atom stereocenters. The van der Waals surface area contributed by atoms with Crippen LogP contribution in [0, 0.1) is 0 Å². The quantitative estimate of drug-likeness (QED) is 0.881. The van der Waals surface area contributed by atoms with Gasteiger partial charge in [0.25, 0.3) is 0 Å². The average molecular weight is 278 g/mol. The molecule has 0 atom stereocenters. The maximum atomic E-state index is 5.73. The summed E-state index contributed by atoms with van der Waals surface area (Å²) in [5, 5.41) is 1.06. The molecule has 0 fully saturated rings. The Bertz CT molecular complexity index is 540. The smallest absolute Gasteiger partial charge is 0.119 e. The first-order chi connectivity index (χ1) is 9.26. The molecule has 2 rings (SSSR count). The van der Waals surface area contributed by atoms with Crippen LogP contribution in [0.2, 0.25) is 0 Å². The third kappa shape index (κ3) is 3.53. The Labute approximate surface area is 117 Å². The summed E-state index contributed by atoms with van der Waals surface area (Å²) in [7, 11) is 3.34. The normalized spacial score (nSPS) is 10.7. The van der Waals surface area contributed by atoms with Crippen molar-refractivity contribution in [1.82, 2.24) is 4.98 Å². The largest absolute Gasteiger partial charge is 0.497 e. The van der Waals surface area contributed by atoms with Crippen LogP contribution in [-0.2, 0) is 24.3 Å². The van der Waals surface area contributed by atoms with Gasteiger partial charge in [-0.1, -0.05) is 12.1 Å². The molecule has 0 radical (unpaired) electrons. The van der Waals surface area contributed by atoms with Crippen molar-refractivity contribution in [1.29, 1.82) is 0 Å². The van der Waals surface area contributed by atoms with Crippen molar-refractivity contribution in [3.63, 3.8) is 0 Å². The molecule has 0 spiro atoms. The number of hydrogen-bond acceptors (Lipinski definition) is 5. The zero-order valence-corrected chi connectivity index (χ0v) is 12.0. The van der Waals surface area contributed by atoms with Crippen LogP contribution in [0.15, 0.2) is 24.3 Å². The number of benzene rings is 1. The summed E-state index contributed by atoms with van der Waals surface area (Å²) in [6, 6.07) is 8.02. The van der Waals surface area contributed by atoms with E-state index < -0.39 is 0 Å². The molecule has 0 saturated carbocycles. The average Bonchev–Trinajstić information content (AvgIpc) is 2.81. The van der Waals surface area contributed by atoms with E-state index >= 15 is 0 Å². The first kappa shape index (κ1) is 14.0. The highest BCUT2D eigenvalue weighted by Crippen LogP contribution is 2.23. The lowest BCUT2D eigenvalue weighted by Gasteiger charge is -2.02. The standard InChI is InChI=1S/C14H18N2O2S/c1-17-9-12-13(8-15)19-14(16-12)7-10-4-3-5-11(6-10)18-2/h3-6H,7-9,15H2,1-2H3. The highest BCUT2D eigenvalue weighted by atomic mass is 32.1. The van der Waals surface area contributed by atoms with Crippen molar-refractivity contribution in [2.45, 2.75) is 19.6 Å². The third-order valence-corrected chi connectivity index (χ3v) is 3.90. The van der Waals surface area contributed by atoms with Gasteiger partial charge in [-0.3, -0.25) is 0 Å². The molecule has 1 heterocycles. The molecule has 2 N–H and O–H groups in total. The summed E-state index contributed by atoms with van der Waals surface area (Å²) in [5.41, 5.74) is 7.86. The molecular weight excluding hydrogens is 260 g/mol. The molecule has 5 heteroatoms. The molecule has 4 nitrogen and oxygen atoms in total. The minimum absolute atomic E-state index is 0.508. The molecule has 1 aromatic carbocycles. The fourth-order valence-corrected chi connectivity index (χ4v) is 2.86. The van der Waals surface area contributed by atoms with Crippen molar-refractivity contribution in [2.24, 2.45) is 5.73 Å². The van der Waals surface area contributed by atoms with Crippen molar-refractivity contribution in [2.75, 3.05) is 14.2 Å². The second kappa shape index (κ2) is 6.65. The Balaban J connectivity index is 2.18. The van der Waals surface area contributed by atoms with E-state index in [1.165, 1.54) is 5.56 Å².